The molecule has 0 aromatic heterocycles. The number of anilines is 1. The number of hydrogen-bond donors (Lipinski definition) is 1. The predicted octanol–water partition coefficient (Wildman–Crippen LogP) is 6.81. The first-order valence-electron chi connectivity index (χ1n) is 8.33. The molecule has 0 bridgehead atoms. The number of nitro groups is 1. The van der Waals surface area contributed by atoms with Crippen molar-refractivity contribution in [3.05, 3.63) is 34.4 Å². The first-order chi connectivity index (χ1) is 16.1. The lowest BCUT2D eigenvalue weighted by molar-refractivity contribution is -0.445. The van der Waals surface area contributed by atoms with Crippen LogP contribution in [0.2, 0.25) is 0 Å². The standard InChI is InChI=1S/C15H5ClF16N2O3/c16-15(31,32)14(29,30)13(27,28)12(25,26)11(23,24)10(21,22)9(19,20)8(17,18)7(35)33-5-1-3-6(4-2-5)34(36)37/h1-4H,(H,33,35). The molecule has 1 aromatic carbocycles. The monoisotopic (exact) mass is 600 g/mol. The van der Waals surface area contributed by atoms with E-state index in [2.05, 4.69) is 11.6 Å². The second kappa shape index (κ2) is 8.93. The van der Waals surface area contributed by atoms with Crippen molar-refractivity contribution in [3.63, 3.8) is 0 Å². The number of nitro benzene ring substituents is 1. The summed E-state index contributed by atoms with van der Waals surface area (Å²) in [5, 5.41) is 4.18. The first kappa shape index (κ1) is 32.3. The third-order valence-electron chi connectivity index (χ3n) is 4.34. The van der Waals surface area contributed by atoms with Crippen molar-refractivity contribution in [2.24, 2.45) is 0 Å². The number of alkyl halides is 17. The van der Waals surface area contributed by atoms with Gasteiger partial charge in [-0.15, -0.1) is 0 Å². The molecule has 37 heavy (non-hydrogen) atoms. The van der Waals surface area contributed by atoms with Crippen LogP contribution in [0.1, 0.15) is 0 Å². The molecule has 22 heteroatoms. The van der Waals surface area contributed by atoms with Gasteiger partial charge in [0.15, 0.2) is 0 Å². The van der Waals surface area contributed by atoms with Crippen LogP contribution >= 0.6 is 11.6 Å². The van der Waals surface area contributed by atoms with Crippen LogP contribution in [0.5, 0.6) is 0 Å². The molecule has 1 rings (SSSR count). The highest BCUT2D eigenvalue weighted by Gasteiger charge is 2.95. The summed E-state index contributed by atoms with van der Waals surface area (Å²) in [6, 6.07) is 1.37. The first-order valence-corrected chi connectivity index (χ1v) is 8.70. The topological polar surface area (TPSA) is 72.2 Å². The Morgan fingerprint density at radius 2 is 0.973 bits per heavy atom. The Morgan fingerprint density at radius 1 is 0.649 bits per heavy atom. The Bertz CT molecular complexity index is 1040. The Morgan fingerprint density at radius 3 is 1.30 bits per heavy atom. The number of carbonyl (C=O) groups excluding carboxylic acids is 1. The lowest BCUT2D eigenvalue weighted by Crippen LogP contribution is -2.75. The minimum absolute atomic E-state index is 0.292. The summed E-state index contributed by atoms with van der Waals surface area (Å²) in [7, 11) is 0. The van der Waals surface area contributed by atoms with Crippen molar-refractivity contribution in [2.75, 3.05) is 5.32 Å². The normalized spacial score (nSPS) is 14.9. The number of amides is 1. The van der Waals surface area contributed by atoms with E-state index in [1.165, 1.54) is 0 Å². The molecule has 1 N–H and O–H groups in total. The highest BCUT2D eigenvalue weighted by Crippen LogP contribution is 2.64. The molecule has 1 amide bonds. The maximum Gasteiger partial charge on any atom is 0.393 e. The average molecular weight is 601 g/mol. The van der Waals surface area contributed by atoms with E-state index in [4.69, 9.17) is 0 Å². The zero-order chi connectivity index (χ0) is 29.8. The van der Waals surface area contributed by atoms with Gasteiger partial charge in [0.05, 0.1) is 4.92 Å². The third-order valence-corrected chi connectivity index (χ3v) is 4.58. The van der Waals surface area contributed by atoms with Gasteiger partial charge in [0.25, 0.3) is 5.69 Å². The van der Waals surface area contributed by atoms with E-state index in [0.717, 1.165) is 0 Å². The van der Waals surface area contributed by atoms with E-state index >= 15 is 0 Å². The number of halogens is 17. The number of nitrogens with one attached hydrogen (secondary N) is 1. The quantitative estimate of drug-likeness (QED) is 0.139. The molecule has 212 valence electrons. The van der Waals surface area contributed by atoms with E-state index < -0.39 is 69.0 Å². The van der Waals surface area contributed by atoms with Gasteiger partial charge in [0.2, 0.25) is 0 Å². The molecular weight excluding hydrogens is 596 g/mol. The van der Waals surface area contributed by atoms with E-state index in [1.807, 2.05) is 0 Å². The Kier molecular flexibility index (Phi) is 7.79. The second-order valence-electron chi connectivity index (χ2n) is 6.78. The largest absolute Gasteiger partial charge is 0.393 e. The number of hydrogen-bond acceptors (Lipinski definition) is 3. The summed E-state index contributed by atoms with van der Waals surface area (Å²) in [5.74, 6) is -61.2. The predicted molar refractivity (Wildman–Crippen MR) is 87.2 cm³/mol. The minimum Gasteiger partial charge on any atom is -0.321 e. The number of non-ortho nitro benzene ring substituents is 1. The van der Waals surface area contributed by atoms with Gasteiger partial charge in [0.1, 0.15) is 0 Å². The van der Waals surface area contributed by atoms with Crippen molar-refractivity contribution >= 4 is 28.9 Å². The molecule has 1 aromatic rings. The number of carbonyl (C=O) groups is 1. The van der Waals surface area contributed by atoms with Crippen molar-refractivity contribution in [2.45, 2.75) is 46.8 Å². The maximum absolute atomic E-state index is 13.8. The third kappa shape index (κ3) is 4.58. The molecule has 0 fully saturated rings. The number of nitrogens with zero attached hydrogens (tertiary/aromatic N) is 1. The van der Waals surface area contributed by atoms with Crippen LogP contribution in [-0.2, 0) is 4.79 Å². The summed E-state index contributed by atoms with van der Waals surface area (Å²) in [4.78, 5) is 20.7. The molecule has 0 aliphatic rings. The number of rotatable bonds is 10. The van der Waals surface area contributed by atoms with Crippen LogP contribution in [0.4, 0.5) is 81.6 Å². The van der Waals surface area contributed by atoms with Gasteiger partial charge in [-0.2, -0.15) is 70.2 Å². The van der Waals surface area contributed by atoms with Gasteiger partial charge >= 0.3 is 52.7 Å². The Balaban J connectivity index is 3.53. The molecule has 0 saturated carbocycles. The molecule has 0 spiro atoms. The van der Waals surface area contributed by atoms with Gasteiger partial charge in [-0.1, -0.05) is 0 Å². The zero-order valence-corrected chi connectivity index (χ0v) is 17.2. The van der Waals surface area contributed by atoms with Gasteiger partial charge in [-0.05, 0) is 23.7 Å². The van der Waals surface area contributed by atoms with E-state index in [9.17, 15) is 85.2 Å². The fourth-order valence-electron chi connectivity index (χ4n) is 2.18. The lowest BCUT2D eigenvalue weighted by atomic mass is 9.89. The molecule has 0 radical (unpaired) electrons. The van der Waals surface area contributed by atoms with Crippen molar-refractivity contribution in [3.8, 4) is 0 Å². The van der Waals surface area contributed by atoms with Crippen LogP contribution < -0.4 is 5.32 Å². The van der Waals surface area contributed by atoms with Crippen LogP contribution in [-0.4, -0.2) is 57.7 Å². The molecular formula is C15H5ClF16N2O3. The number of benzene rings is 1. The summed E-state index contributed by atoms with van der Waals surface area (Å²) < 4.78 is 214. The van der Waals surface area contributed by atoms with E-state index in [1.54, 1.807) is 0 Å². The van der Waals surface area contributed by atoms with Gasteiger partial charge < -0.3 is 5.32 Å². The van der Waals surface area contributed by atoms with Crippen LogP contribution in [0.3, 0.4) is 0 Å². The molecule has 0 atom stereocenters. The van der Waals surface area contributed by atoms with E-state index in [0.29, 0.717) is 29.6 Å². The summed E-state index contributed by atoms with van der Waals surface area (Å²) in [5.41, 5.74) is -1.98. The second-order valence-corrected chi connectivity index (χ2v) is 7.25. The molecule has 0 unspecified atom stereocenters. The van der Waals surface area contributed by atoms with Gasteiger partial charge in [-0.3, -0.25) is 14.9 Å². The minimum atomic E-state index is -8.70. The fourth-order valence-corrected chi connectivity index (χ4v) is 2.30. The lowest BCUT2D eigenvalue weighted by Gasteiger charge is -2.42. The summed E-state index contributed by atoms with van der Waals surface area (Å²) in [6.45, 7) is 0. The smallest absolute Gasteiger partial charge is 0.321 e. The molecule has 0 aliphatic carbocycles. The average Bonchev–Trinajstić information content (AvgIpc) is 2.72. The summed E-state index contributed by atoms with van der Waals surface area (Å²) >= 11 is 3.40. The van der Waals surface area contributed by atoms with Gasteiger partial charge in [0, 0.05) is 17.8 Å². The molecule has 0 aliphatic heterocycles. The van der Waals surface area contributed by atoms with Crippen molar-refractivity contribution in [1.29, 1.82) is 0 Å². The Hall–Kier alpha value is -2.74. The van der Waals surface area contributed by atoms with Crippen LogP contribution in [0.25, 0.3) is 0 Å². The van der Waals surface area contributed by atoms with E-state index in [-0.39, 0.29) is 0 Å². The molecule has 0 heterocycles. The zero-order valence-electron chi connectivity index (χ0n) is 16.4. The van der Waals surface area contributed by atoms with Crippen LogP contribution in [0.15, 0.2) is 24.3 Å². The van der Waals surface area contributed by atoms with Crippen molar-refractivity contribution < 1.29 is 80.0 Å². The van der Waals surface area contributed by atoms with Crippen LogP contribution in [0, 0.1) is 10.1 Å². The molecule has 5 nitrogen and oxygen atoms in total. The SMILES string of the molecule is O=C(Nc1ccc([N+](=O)[O-])cc1)C(F)(F)C(F)(F)C(F)(F)C(F)(F)C(F)(F)C(F)(F)C(F)(F)C(F)(F)Cl. The summed E-state index contributed by atoms with van der Waals surface area (Å²) in [6.07, 6.45) is 0. The highest BCUT2D eigenvalue weighted by atomic mass is 35.5. The maximum atomic E-state index is 13.8. The Labute approximate surface area is 196 Å². The highest BCUT2D eigenvalue weighted by molar-refractivity contribution is 6.22. The molecule has 0 saturated heterocycles. The fraction of sp³-hybridized carbons (Fsp3) is 0.533. The van der Waals surface area contributed by atoms with Gasteiger partial charge in [-0.25, -0.2) is 0 Å². The van der Waals surface area contributed by atoms with Crippen molar-refractivity contribution in [1.82, 2.24) is 0 Å².